The Kier molecular flexibility index (Phi) is 43.4. The molecule has 54 nitrogen and oxygen atoms in total. The Morgan fingerprint density at radius 1 is 0.462 bits per heavy atom. The minimum atomic E-state index is -1.56. The number of piperazine rings is 1. The Morgan fingerprint density at radius 3 is 1.12 bits per heavy atom. The molecule has 740 valence electrons. The monoisotopic (exact) mass is 1880 g/mol. The van der Waals surface area contributed by atoms with E-state index in [0.717, 1.165) is 64.7 Å². The van der Waals surface area contributed by atoms with Crippen LogP contribution in [0.1, 0.15) is 90.4 Å². The Bertz CT molecular complexity index is 3990. The van der Waals surface area contributed by atoms with Crippen molar-refractivity contribution in [2.24, 2.45) is 97.1 Å². The number of carboxylic acid groups (broad SMARTS) is 6. The highest BCUT2D eigenvalue weighted by molar-refractivity contribution is 6.42. The van der Waals surface area contributed by atoms with Crippen LogP contribution in [0.25, 0.3) is 0 Å². The Morgan fingerprint density at radius 2 is 0.788 bits per heavy atom. The van der Waals surface area contributed by atoms with Gasteiger partial charge in [0.05, 0.1) is 12.1 Å². The zero-order valence-electron chi connectivity index (χ0n) is 74.7. The van der Waals surface area contributed by atoms with Gasteiger partial charge in [-0.2, -0.15) is 0 Å². The maximum absolute atomic E-state index is 11.6. The van der Waals surface area contributed by atoms with Crippen molar-refractivity contribution in [3.8, 4) is 0 Å². The van der Waals surface area contributed by atoms with E-state index in [2.05, 4.69) is 46.2 Å². The van der Waals surface area contributed by atoms with Crippen molar-refractivity contribution in [3.63, 3.8) is 0 Å². The van der Waals surface area contributed by atoms with Gasteiger partial charge < -0.3 is 198 Å². The molecule has 11 heterocycles. The number of likely N-dealkylation sites (tertiary alicyclic amines) is 6. The highest BCUT2D eigenvalue weighted by atomic mass is 16.4. The fraction of sp³-hybridized carbons (Fsp3) is 0.792. The van der Waals surface area contributed by atoms with E-state index in [0.29, 0.717) is 141 Å². The normalized spacial score (nSPS) is 27.6. The third-order valence-electron chi connectivity index (χ3n) is 25.7. The van der Waals surface area contributed by atoms with Crippen LogP contribution in [0.4, 0.5) is 5.95 Å². The minimum Gasteiger partial charge on any atom is -0.480 e. The Balaban J connectivity index is 0.000000244. The SMILES string of the molecule is CC(N)C(=O)NC(=N)N1CC(CCCB(O)O)C(N)(C(=O)O)C1.N=C(N1CC(N)C1)N1CC(CCCB(O)O)C(N)(C(=O)O)C1.N=C(N1CCNCC1)N1CC(CCCB(O)O)C(N)(C(=O)O)C1.NC(=NC1CNC1)N1CC(CCCB(O)O)C(N)(C(=O)O)C1.NC1(C(=O)O)CN(C2=NCCCN2)CC1CCCB(O)O.NC1(C(=O)O)CN(c2ncncn2)CC1CCCB(O)O. The van der Waals surface area contributed by atoms with Crippen molar-refractivity contribution in [3.05, 3.63) is 12.7 Å². The molecule has 43 N–H and O–H groups in total. The summed E-state index contributed by atoms with van der Waals surface area (Å²) < 4.78 is 0. The van der Waals surface area contributed by atoms with Crippen LogP contribution in [0, 0.1) is 51.7 Å². The number of anilines is 1. The van der Waals surface area contributed by atoms with E-state index >= 15 is 0 Å². The van der Waals surface area contributed by atoms with Crippen molar-refractivity contribution >= 4 is 120 Å². The molecular weight excluding hydrogens is 1740 g/mol. The second kappa shape index (κ2) is 51.2. The fourth-order valence-electron chi connectivity index (χ4n) is 17.5. The number of aliphatic carboxylic acids is 6. The van der Waals surface area contributed by atoms with Crippen LogP contribution in [-0.4, -0.2) is 450 Å². The number of rotatable bonds is 33. The van der Waals surface area contributed by atoms with Crippen molar-refractivity contribution < 1.29 is 124 Å². The van der Waals surface area contributed by atoms with E-state index in [4.69, 9.17) is 128 Å². The first-order valence-electron chi connectivity index (χ1n) is 44.4. The molecule has 60 heteroatoms. The lowest BCUT2D eigenvalue weighted by Gasteiger charge is -2.41. The highest BCUT2D eigenvalue weighted by Gasteiger charge is 2.56. The van der Waals surface area contributed by atoms with Crippen molar-refractivity contribution in [1.29, 1.82) is 16.2 Å². The van der Waals surface area contributed by atoms with Crippen LogP contribution in [-0.2, 0) is 33.6 Å². The number of carboxylic acids is 6. The molecule has 0 saturated carbocycles. The van der Waals surface area contributed by atoms with Crippen LogP contribution in [0.15, 0.2) is 22.6 Å². The van der Waals surface area contributed by atoms with Gasteiger partial charge in [0.2, 0.25) is 11.9 Å². The number of nitrogens with zero attached hydrogens (tertiary/aromatic N) is 13. The predicted molar refractivity (Wildman–Crippen MR) is 486 cm³/mol. The summed E-state index contributed by atoms with van der Waals surface area (Å²) >= 11 is 0. The number of nitrogens with one attached hydrogen (secondary N) is 7. The first-order chi connectivity index (χ1) is 61.8. The van der Waals surface area contributed by atoms with E-state index in [-0.39, 0.29) is 137 Å². The van der Waals surface area contributed by atoms with Gasteiger partial charge in [-0.3, -0.25) is 60.1 Å². The molecule has 13 unspecified atom stereocenters. The van der Waals surface area contributed by atoms with Gasteiger partial charge in [0.15, 0.2) is 29.8 Å². The predicted octanol–water partition coefficient (Wildman–Crippen LogP) is -13.4. The number of aliphatic imine (C=N–C) groups is 2. The summed E-state index contributed by atoms with van der Waals surface area (Å²) in [6.45, 7) is 11.7. The van der Waals surface area contributed by atoms with Crippen LogP contribution in [0.5, 0.6) is 0 Å². The van der Waals surface area contributed by atoms with Gasteiger partial charge in [-0.05, 0) is 89.8 Å². The number of carbonyl (C=O) groups is 7. The number of amides is 1. The Labute approximate surface area is 766 Å². The largest absolute Gasteiger partial charge is 0.480 e. The standard InChI is InChI=1S/C13H26BN5O4.C12H24BN5O5.2C12H24BN5O4.C12H23BN4O4.C11H18BN5O4/c15-12(18-6-4-17-5-7-18)19-8-10(2-1-3-14(22)23)13(16,9-19)11(20)21;1-7(14)9(19)17-11(15)18-5-8(3-2-4-13(22)23)12(16,6-18)10(20)21;14-11(17-9-4-16-5-9)18-6-8(2-1-3-13(21)22)12(15,7-18)10(19)20;14-9-5-17(6-9)11(15)18-4-8(2-1-3-13(21)22)12(16,7-18)10(19)20;14-12(10(18)19)8-17(11-15-5-2-6-16-11)7-9(12)3-1-4-13(20)21;13-11(9(18)19)5-17(10-15-6-14-7-16-10)4-8(11)2-1-3-12(20)21/h10,15,17,22-23H,1-9,16H2,(H,20,21);7-8,22-23H,2-6,14,16H2,1H3,(H,20,21)(H2,15,17,19);8-9,16,21-22H,1-7,15H2,(H2,14,17)(H,19,20);8-9,15,21-22H,1-7,14,16H2,(H,19,20);9,20-21H,1-8,14H2,(H,15,16)(H,18,19);6-8,20-21H,1-5,13H2,(H,18,19). The lowest BCUT2D eigenvalue weighted by Crippen LogP contribution is -2.61. The molecule has 9 saturated heterocycles. The molecule has 10 aliphatic heterocycles. The molecule has 0 spiro atoms. The number of hydrogen-bond acceptors (Lipinski definition) is 40. The zero-order valence-corrected chi connectivity index (χ0v) is 74.7. The van der Waals surface area contributed by atoms with Crippen LogP contribution >= 0.6 is 0 Å². The minimum absolute atomic E-state index is 0.0619. The smallest absolute Gasteiger partial charge is 0.451 e. The summed E-state index contributed by atoms with van der Waals surface area (Å²) in [4.78, 5) is 115. The molecule has 1 aromatic heterocycles. The van der Waals surface area contributed by atoms with Gasteiger partial charge in [-0.25, -0.2) is 19.9 Å². The highest BCUT2D eigenvalue weighted by Crippen LogP contribution is 2.38. The maximum atomic E-state index is 11.6. The van der Waals surface area contributed by atoms with E-state index in [1.807, 2.05) is 9.80 Å². The fourth-order valence-corrected chi connectivity index (χ4v) is 17.5. The quantitative estimate of drug-likeness (QED) is 0.0176. The number of aromatic nitrogens is 3. The van der Waals surface area contributed by atoms with Crippen LogP contribution in [0.2, 0.25) is 37.9 Å². The summed E-state index contributed by atoms with van der Waals surface area (Å²) in [5, 5.41) is 199. The van der Waals surface area contributed by atoms with Gasteiger partial charge in [0.1, 0.15) is 45.9 Å². The number of guanidine groups is 5. The Hall–Kier alpha value is -8.84. The first-order valence-corrected chi connectivity index (χ1v) is 44.4. The zero-order chi connectivity index (χ0) is 98.6. The third kappa shape index (κ3) is 31.6. The second-order valence-electron chi connectivity index (χ2n) is 35.9. The first kappa shape index (κ1) is 112. The second-order valence-corrected chi connectivity index (χ2v) is 35.9. The third-order valence-corrected chi connectivity index (χ3v) is 25.7. The molecular formula is C72H139B6N29O25. The molecule has 0 radical (unpaired) electrons. The number of hydrogen-bond donors (Lipinski definition) is 34. The van der Waals surface area contributed by atoms with E-state index in [9.17, 15) is 64.2 Å². The summed E-state index contributed by atoms with van der Waals surface area (Å²) in [5.74, 6) is -7.24. The molecule has 0 aromatic carbocycles. The summed E-state index contributed by atoms with van der Waals surface area (Å²) in [6.07, 6.45) is 10.5. The summed E-state index contributed by atoms with van der Waals surface area (Å²) in [6, 6.07) is -0.589. The molecule has 13 atom stereocenters. The van der Waals surface area contributed by atoms with Gasteiger partial charge in [-0.1, -0.05) is 38.5 Å². The lowest BCUT2D eigenvalue weighted by atomic mass is 9.78. The van der Waals surface area contributed by atoms with Crippen molar-refractivity contribution in [2.45, 2.75) is 180 Å². The molecule has 9 fully saturated rings. The van der Waals surface area contributed by atoms with Crippen LogP contribution < -0.4 is 77.8 Å². The summed E-state index contributed by atoms with van der Waals surface area (Å²) in [7, 11) is -8.36. The molecule has 0 bridgehead atoms. The molecule has 1 aromatic rings. The average molecular weight is 1880 g/mol. The van der Waals surface area contributed by atoms with Gasteiger partial charge >= 0.3 is 78.5 Å². The van der Waals surface area contributed by atoms with Gasteiger partial charge in [0.25, 0.3) is 0 Å². The number of nitrogens with two attached hydrogens (primary N) is 9. The average Bonchev–Trinajstić information content (AvgIpc) is 1.41. The molecule has 132 heavy (non-hydrogen) atoms. The van der Waals surface area contributed by atoms with Crippen molar-refractivity contribution in [1.82, 2.24) is 70.5 Å². The van der Waals surface area contributed by atoms with Gasteiger partial charge in [0, 0.05) is 186 Å². The molecule has 0 aliphatic carbocycles. The molecule has 11 rings (SSSR count). The van der Waals surface area contributed by atoms with Crippen LogP contribution in [0.3, 0.4) is 0 Å². The topological polar surface area (TPSA) is 927 Å². The molecule has 1 amide bonds. The number of carbonyl (C=O) groups excluding carboxylic acids is 1. The lowest BCUT2D eigenvalue weighted by molar-refractivity contribution is -0.145. The van der Waals surface area contributed by atoms with Gasteiger partial charge in [-0.15, -0.1) is 0 Å². The summed E-state index contributed by atoms with van der Waals surface area (Å²) in [5.41, 5.74) is 45.0. The van der Waals surface area contributed by atoms with Crippen molar-refractivity contribution in [2.75, 3.05) is 149 Å². The van der Waals surface area contributed by atoms with E-state index in [1.165, 1.54) is 24.5 Å². The molecule has 10 aliphatic rings. The van der Waals surface area contributed by atoms with E-state index in [1.54, 1.807) is 24.5 Å². The van der Waals surface area contributed by atoms with E-state index < -0.39 is 130 Å². The maximum Gasteiger partial charge on any atom is 0.451 e.